The number of para-hydroxylation sites is 2. The van der Waals surface area contributed by atoms with E-state index in [0.29, 0.717) is 10.1 Å². The molecule has 1 aliphatic heterocycles. The minimum atomic E-state index is -0.149. The van der Waals surface area contributed by atoms with Crippen molar-refractivity contribution in [2.75, 3.05) is 0 Å². The standard InChI is InChI=1S/C22H16N2O2S/c25-21-20(27-22(24-21)23-17-9-3-1-4-10-17)15-16-8-7-13-19(14-16)26-18-11-5-2-6-12-18/h1-15H,(H,23,24,25)/b20-15+. The summed E-state index contributed by atoms with van der Waals surface area (Å²) in [6, 6.07) is 26.8. The van der Waals surface area contributed by atoms with Gasteiger partial charge in [0.1, 0.15) is 11.5 Å². The summed E-state index contributed by atoms with van der Waals surface area (Å²) in [7, 11) is 0. The van der Waals surface area contributed by atoms with Gasteiger partial charge < -0.3 is 10.1 Å². The number of carbonyl (C=O) groups is 1. The fraction of sp³-hybridized carbons (Fsp3) is 0. The van der Waals surface area contributed by atoms with Gasteiger partial charge in [-0.1, -0.05) is 48.5 Å². The Morgan fingerprint density at radius 3 is 2.33 bits per heavy atom. The number of ether oxygens (including phenoxy) is 1. The lowest BCUT2D eigenvalue weighted by atomic mass is 10.2. The first-order chi connectivity index (χ1) is 13.3. The Bertz CT molecular complexity index is 1010. The molecule has 3 aromatic rings. The maximum absolute atomic E-state index is 12.2. The molecule has 1 fully saturated rings. The van der Waals surface area contributed by atoms with Gasteiger partial charge in [0.25, 0.3) is 5.91 Å². The van der Waals surface area contributed by atoms with Gasteiger partial charge in [0, 0.05) is 0 Å². The minimum absolute atomic E-state index is 0.149. The van der Waals surface area contributed by atoms with Crippen molar-refractivity contribution in [3.05, 3.63) is 95.4 Å². The predicted molar refractivity (Wildman–Crippen MR) is 110 cm³/mol. The van der Waals surface area contributed by atoms with Crippen LogP contribution < -0.4 is 10.1 Å². The van der Waals surface area contributed by atoms with Crippen molar-refractivity contribution in [2.24, 2.45) is 4.99 Å². The van der Waals surface area contributed by atoms with Gasteiger partial charge in [0.15, 0.2) is 5.17 Å². The molecule has 1 amide bonds. The Morgan fingerprint density at radius 1 is 0.852 bits per heavy atom. The number of carbonyl (C=O) groups excluding carboxylic acids is 1. The summed E-state index contributed by atoms with van der Waals surface area (Å²) in [4.78, 5) is 17.3. The predicted octanol–water partition coefficient (Wildman–Crippen LogP) is 5.37. The number of amides is 1. The molecule has 0 saturated carbocycles. The summed E-state index contributed by atoms with van der Waals surface area (Å²) in [5, 5.41) is 3.38. The summed E-state index contributed by atoms with van der Waals surface area (Å²) in [6.07, 6.45) is 1.84. The fourth-order valence-corrected chi connectivity index (χ4v) is 3.39. The van der Waals surface area contributed by atoms with E-state index in [4.69, 9.17) is 4.74 Å². The van der Waals surface area contributed by atoms with Crippen molar-refractivity contribution in [1.29, 1.82) is 0 Å². The Hall–Kier alpha value is -3.31. The molecule has 0 bridgehead atoms. The molecule has 4 rings (SSSR count). The van der Waals surface area contributed by atoms with E-state index in [-0.39, 0.29) is 5.91 Å². The van der Waals surface area contributed by atoms with E-state index in [1.807, 2.05) is 91.0 Å². The van der Waals surface area contributed by atoms with E-state index in [1.54, 1.807) is 0 Å². The molecule has 0 radical (unpaired) electrons. The van der Waals surface area contributed by atoms with Gasteiger partial charge in [-0.2, -0.15) is 0 Å². The van der Waals surface area contributed by atoms with E-state index in [1.165, 1.54) is 11.8 Å². The van der Waals surface area contributed by atoms with Crippen LogP contribution in [0.4, 0.5) is 5.69 Å². The van der Waals surface area contributed by atoms with E-state index >= 15 is 0 Å². The zero-order valence-corrected chi connectivity index (χ0v) is 15.1. The van der Waals surface area contributed by atoms with Crippen LogP contribution in [-0.4, -0.2) is 11.1 Å². The lowest BCUT2D eigenvalue weighted by Gasteiger charge is -2.06. The number of hydrogen-bond acceptors (Lipinski definition) is 4. The molecule has 27 heavy (non-hydrogen) atoms. The first-order valence-corrected chi connectivity index (χ1v) is 9.25. The third-order valence-corrected chi connectivity index (χ3v) is 4.68. The Kier molecular flexibility index (Phi) is 5.03. The smallest absolute Gasteiger partial charge is 0.264 e. The topological polar surface area (TPSA) is 50.7 Å². The molecule has 4 nitrogen and oxygen atoms in total. The van der Waals surface area contributed by atoms with Crippen LogP contribution in [0, 0.1) is 0 Å². The van der Waals surface area contributed by atoms with Crippen LogP contribution in [-0.2, 0) is 4.79 Å². The van der Waals surface area contributed by atoms with E-state index in [2.05, 4.69) is 10.3 Å². The van der Waals surface area contributed by atoms with Crippen LogP contribution in [0.3, 0.4) is 0 Å². The van der Waals surface area contributed by atoms with Crippen molar-refractivity contribution in [1.82, 2.24) is 5.32 Å². The lowest BCUT2D eigenvalue weighted by Crippen LogP contribution is -2.19. The van der Waals surface area contributed by atoms with E-state index < -0.39 is 0 Å². The second kappa shape index (κ2) is 7.93. The summed E-state index contributed by atoms with van der Waals surface area (Å²) in [5.74, 6) is 1.34. The molecule has 0 atom stereocenters. The van der Waals surface area contributed by atoms with Crippen molar-refractivity contribution in [3.63, 3.8) is 0 Å². The number of rotatable bonds is 4. The normalized spacial score (nSPS) is 16.5. The summed E-state index contributed by atoms with van der Waals surface area (Å²) in [6.45, 7) is 0. The van der Waals surface area contributed by atoms with Gasteiger partial charge in [0.05, 0.1) is 10.6 Å². The minimum Gasteiger partial charge on any atom is -0.457 e. The first-order valence-electron chi connectivity index (χ1n) is 8.44. The third-order valence-electron chi connectivity index (χ3n) is 3.77. The number of thioether (sulfide) groups is 1. The van der Waals surface area contributed by atoms with Gasteiger partial charge >= 0.3 is 0 Å². The van der Waals surface area contributed by atoms with Crippen LogP contribution in [0.2, 0.25) is 0 Å². The average molecular weight is 372 g/mol. The Balaban J connectivity index is 1.52. The van der Waals surface area contributed by atoms with Crippen LogP contribution in [0.15, 0.2) is 94.8 Å². The highest BCUT2D eigenvalue weighted by Gasteiger charge is 2.23. The first kappa shape index (κ1) is 17.1. The number of benzene rings is 3. The molecule has 132 valence electrons. The largest absolute Gasteiger partial charge is 0.457 e. The number of nitrogens with zero attached hydrogens (tertiary/aromatic N) is 1. The SMILES string of the molecule is O=C1NC(=Nc2ccccc2)S/C1=C/c1cccc(Oc2ccccc2)c1. The monoisotopic (exact) mass is 372 g/mol. The van der Waals surface area contributed by atoms with Gasteiger partial charge in [-0.3, -0.25) is 4.79 Å². The number of amidine groups is 1. The van der Waals surface area contributed by atoms with Crippen molar-refractivity contribution < 1.29 is 9.53 Å². The number of hydrogen-bond donors (Lipinski definition) is 1. The van der Waals surface area contributed by atoms with Gasteiger partial charge in [-0.25, -0.2) is 4.99 Å². The Labute approximate surface area is 161 Å². The summed E-state index contributed by atoms with van der Waals surface area (Å²) in [5.41, 5.74) is 1.70. The second-order valence-corrected chi connectivity index (χ2v) is 6.84. The number of nitrogens with one attached hydrogen (secondary N) is 1. The second-order valence-electron chi connectivity index (χ2n) is 5.80. The third kappa shape index (κ3) is 4.46. The molecule has 1 heterocycles. The molecular weight excluding hydrogens is 356 g/mol. The van der Waals surface area contributed by atoms with Crippen molar-refractivity contribution in [3.8, 4) is 11.5 Å². The fourth-order valence-electron chi connectivity index (χ4n) is 2.54. The lowest BCUT2D eigenvalue weighted by molar-refractivity contribution is -0.115. The molecule has 0 unspecified atom stereocenters. The highest BCUT2D eigenvalue weighted by Crippen LogP contribution is 2.29. The molecule has 0 aliphatic carbocycles. The summed E-state index contributed by atoms with van der Waals surface area (Å²) < 4.78 is 5.85. The zero-order chi connectivity index (χ0) is 18.5. The Morgan fingerprint density at radius 2 is 1.56 bits per heavy atom. The van der Waals surface area contributed by atoms with E-state index in [9.17, 15) is 4.79 Å². The number of aliphatic imine (C=N–C) groups is 1. The molecule has 1 aliphatic rings. The molecule has 3 aromatic carbocycles. The van der Waals surface area contributed by atoms with Crippen LogP contribution >= 0.6 is 11.8 Å². The maximum atomic E-state index is 12.2. The van der Waals surface area contributed by atoms with Crippen molar-refractivity contribution >= 4 is 34.6 Å². The highest BCUT2D eigenvalue weighted by molar-refractivity contribution is 8.18. The zero-order valence-electron chi connectivity index (χ0n) is 14.3. The molecular formula is C22H16N2O2S. The van der Waals surface area contributed by atoms with Crippen LogP contribution in [0.5, 0.6) is 11.5 Å². The average Bonchev–Trinajstić information content (AvgIpc) is 3.02. The van der Waals surface area contributed by atoms with Crippen molar-refractivity contribution in [2.45, 2.75) is 0 Å². The highest BCUT2D eigenvalue weighted by atomic mass is 32.2. The van der Waals surface area contributed by atoms with Gasteiger partial charge in [-0.15, -0.1) is 0 Å². The van der Waals surface area contributed by atoms with Crippen LogP contribution in [0.25, 0.3) is 6.08 Å². The molecule has 5 heteroatoms. The molecule has 0 aromatic heterocycles. The maximum Gasteiger partial charge on any atom is 0.264 e. The van der Waals surface area contributed by atoms with Crippen LogP contribution in [0.1, 0.15) is 5.56 Å². The molecule has 1 saturated heterocycles. The van der Waals surface area contributed by atoms with E-state index in [0.717, 1.165) is 22.7 Å². The van der Waals surface area contributed by atoms with Gasteiger partial charge in [0.2, 0.25) is 0 Å². The quantitative estimate of drug-likeness (QED) is 0.626. The molecule has 1 N–H and O–H groups in total. The molecule has 0 spiro atoms. The van der Waals surface area contributed by atoms with Gasteiger partial charge in [-0.05, 0) is 59.8 Å². The summed E-state index contributed by atoms with van der Waals surface area (Å²) >= 11 is 1.33.